The van der Waals surface area contributed by atoms with Gasteiger partial charge in [0.25, 0.3) is 0 Å². The molecule has 3 N–H and O–H groups in total. The summed E-state index contributed by atoms with van der Waals surface area (Å²) in [5, 5.41) is 10.5. The molecule has 1 aliphatic rings. The van der Waals surface area contributed by atoms with Crippen LogP contribution in [-0.2, 0) is 0 Å². The molecule has 2 amide bonds. The summed E-state index contributed by atoms with van der Waals surface area (Å²) in [5.74, 6) is 2.20. The number of ether oxygens (including phenoxy) is 1. The van der Waals surface area contributed by atoms with Crippen LogP contribution < -0.4 is 25.6 Å². The Kier molecular flexibility index (Phi) is 6.58. The highest BCUT2D eigenvalue weighted by Crippen LogP contribution is 2.27. The number of nitrogens with zero attached hydrogens (tertiary/aromatic N) is 3. The first-order chi connectivity index (χ1) is 15.5. The van der Waals surface area contributed by atoms with Gasteiger partial charge in [0, 0.05) is 31.6 Å². The second-order valence-corrected chi connectivity index (χ2v) is 8.27. The van der Waals surface area contributed by atoms with E-state index in [2.05, 4.69) is 16.0 Å². The van der Waals surface area contributed by atoms with Gasteiger partial charge in [-0.3, -0.25) is 0 Å². The van der Waals surface area contributed by atoms with E-state index < -0.39 is 0 Å². The fourth-order valence-corrected chi connectivity index (χ4v) is 4.12. The number of urea groups is 1. The van der Waals surface area contributed by atoms with E-state index in [-0.39, 0.29) is 18.1 Å². The molecular weight excluding hydrogens is 404 g/mol. The average molecular weight is 435 g/mol. The predicted octanol–water partition coefficient (Wildman–Crippen LogP) is 4.25. The van der Waals surface area contributed by atoms with Gasteiger partial charge in [-0.2, -0.15) is 4.98 Å². The van der Waals surface area contributed by atoms with Gasteiger partial charge >= 0.3 is 6.03 Å². The van der Waals surface area contributed by atoms with Crippen LogP contribution in [-0.4, -0.2) is 49.3 Å². The SMILES string of the molecule is COc1ccccc1NC(=O)NC1CCC(Nc2nc(N(C)C)c3ccccc3n2)CC1. The fourth-order valence-electron chi connectivity index (χ4n) is 4.12. The van der Waals surface area contributed by atoms with Crippen LogP contribution in [0.15, 0.2) is 48.5 Å². The number of nitrogens with one attached hydrogen (secondary N) is 3. The van der Waals surface area contributed by atoms with Crippen LogP contribution in [0.25, 0.3) is 10.9 Å². The first-order valence-electron chi connectivity index (χ1n) is 10.9. The lowest BCUT2D eigenvalue weighted by atomic mass is 9.91. The van der Waals surface area contributed by atoms with E-state index in [0.717, 1.165) is 42.4 Å². The van der Waals surface area contributed by atoms with Gasteiger partial charge in [-0.15, -0.1) is 0 Å². The Labute approximate surface area is 188 Å². The number of methoxy groups -OCH3 is 1. The van der Waals surface area contributed by atoms with Gasteiger partial charge in [0.15, 0.2) is 0 Å². The third-order valence-electron chi connectivity index (χ3n) is 5.76. The van der Waals surface area contributed by atoms with Gasteiger partial charge < -0.3 is 25.6 Å². The number of aromatic nitrogens is 2. The van der Waals surface area contributed by atoms with Crippen molar-refractivity contribution in [3.05, 3.63) is 48.5 Å². The van der Waals surface area contributed by atoms with Crippen LogP contribution in [0.1, 0.15) is 25.7 Å². The van der Waals surface area contributed by atoms with Gasteiger partial charge in [0.2, 0.25) is 5.95 Å². The van der Waals surface area contributed by atoms with Gasteiger partial charge in [-0.1, -0.05) is 24.3 Å². The topological polar surface area (TPSA) is 91.4 Å². The number of hydrogen-bond acceptors (Lipinski definition) is 6. The molecule has 0 atom stereocenters. The molecule has 8 nitrogen and oxygen atoms in total. The van der Waals surface area contributed by atoms with E-state index in [1.807, 2.05) is 67.5 Å². The molecule has 0 bridgehead atoms. The van der Waals surface area contributed by atoms with E-state index >= 15 is 0 Å². The zero-order valence-electron chi connectivity index (χ0n) is 18.8. The zero-order valence-corrected chi connectivity index (χ0v) is 18.8. The number of benzene rings is 2. The Balaban J connectivity index is 1.33. The minimum Gasteiger partial charge on any atom is -0.495 e. The van der Waals surface area contributed by atoms with Crippen LogP contribution >= 0.6 is 0 Å². The molecule has 4 rings (SSSR count). The minimum atomic E-state index is -0.209. The molecule has 1 aromatic heterocycles. The van der Waals surface area contributed by atoms with Gasteiger partial charge in [0.1, 0.15) is 11.6 Å². The van der Waals surface area contributed by atoms with Gasteiger partial charge in [-0.25, -0.2) is 9.78 Å². The highest BCUT2D eigenvalue weighted by atomic mass is 16.5. The maximum atomic E-state index is 12.4. The molecular formula is C24H30N6O2. The van der Waals surface area contributed by atoms with Crippen molar-refractivity contribution in [1.82, 2.24) is 15.3 Å². The molecule has 32 heavy (non-hydrogen) atoms. The largest absolute Gasteiger partial charge is 0.495 e. The summed E-state index contributed by atoms with van der Waals surface area (Å²) >= 11 is 0. The molecule has 0 unspecified atom stereocenters. The highest BCUT2D eigenvalue weighted by molar-refractivity contribution is 5.91. The number of rotatable bonds is 6. The van der Waals surface area contributed by atoms with Crippen molar-refractivity contribution in [2.24, 2.45) is 0 Å². The molecule has 3 aromatic rings. The predicted molar refractivity (Wildman–Crippen MR) is 129 cm³/mol. The quantitative estimate of drug-likeness (QED) is 0.537. The van der Waals surface area contributed by atoms with Crippen LogP contribution in [0.5, 0.6) is 5.75 Å². The Morgan fingerprint density at radius 1 is 0.969 bits per heavy atom. The number of anilines is 3. The van der Waals surface area contributed by atoms with E-state index in [1.165, 1.54) is 0 Å². The number of hydrogen-bond donors (Lipinski definition) is 3. The van der Waals surface area contributed by atoms with Crippen molar-refractivity contribution in [2.45, 2.75) is 37.8 Å². The third kappa shape index (κ3) is 5.01. The highest BCUT2D eigenvalue weighted by Gasteiger charge is 2.23. The Morgan fingerprint density at radius 3 is 2.41 bits per heavy atom. The summed E-state index contributed by atoms with van der Waals surface area (Å²) < 4.78 is 5.29. The van der Waals surface area contributed by atoms with Crippen molar-refractivity contribution in [3.63, 3.8) is 0 Å². The van der Waals surface area contributed by atoms with Crippen LogP contribution in [0.4, 0.5) is 22.2 Å². The average Bonchev–Trinajstić information content (AvgIpc) is 2.80. The van der Waals surface area contributed by atoms with Crippen molar-refractivity contribution >= 4 is 34.4 Å². The Hall–Kier alpha value is -3.55. The number of para-hydroxylation sites is 3. The number of carbonyl (C=O) groups is 1. The summed E-state index contributed by atoms with van der Waals surface area (Å²) in [7, 11) is 5.57. The van der Waals surface area contributed by atoms with E-state index in [9.17, 15) is 4.79 Å². The number of amides is 2. The molecule has 168 valence electrons. The van der Waals surface area contributed by atoms with Gasteiger partial charge in [-0.05, 0) is 49.9 Å². The number of carbonyl (C=O) groups excluding carboxylic acids is 1. The first-order valence-corrected chi connectivity index (χ1v) is 10.9. The van der Waals surface area contributed by atoms with Crippen molar-refractivity contribution in [2.75, 3.05) is 36.7 Å². The monoisotopic (exact) mass is 434 g/mol. The van der Waals surface area contributed by atoms with Gasteiger partial charge in [0.05, 0.1) is 18.3 Å². The summed E-state index contributed by atoms with van der Waals surface area (Å²) in [6, 6.07) is 15.6. The standard InChI is InChI=1S/C24H30N6O2/c1-30(2)22-18-8-4-5-9-19(18)27-23(29-22)25-16-12-14-17(15-13-16)26-24(31)28-20-10-6-7-11-21(20)32-3/h4-11,16-17H,12-15H2,1-3H3,(H,25,27,29)(H2,26,28,31). The van der Waals surface area contributed by atoms with E-state index in [1.54, 1.807) is 7.11 Å². The minimum absolute atomic E-state index is 0.137. The van der Waals surface area contributed by atoms with Crippen LogP contribution in [0, 0.1) is 0 Å². The molecule has 1 saturated carbocycles. The molecule has 0 radical (unpaired) electrons. The zero-order chi connectivity index (χ0) is 22.5. The maximum Gasteiger partial charge on any atom is 0.319 e. The maximum absolute atomic E-state index is 12.4. The summed E-state index contributed by atoms with van der Waals surface area (Å²) in [6.07, 6.45) is 3.66. The molecule has 0 aliphatic heterocycles. The van der Waals surface area contributed by atoms with E-state index in [0.29, 0.717) is 17.4 Å². The van der Waals surface area contributed by atoms with E-state index in [4.69, 9.17) is 14.7 Å². The van der Waals surface area contributed by atoms with Crippen molar-refractivity contribution < 1.29 is 9.53 Å². The fraction of sp³-hybridized carbons (Fsp3) is 0.375. The Morgan fingerprint density at radius 2 is 1.66 bits per heavy atom. The van der Waals surface area contributed by atoms with Crippen LogP contribution in [0.2, 0.25) is 0 Å². The van der Waals surface area contributed by atoms with Crippen LogP contribution in [0.3, 0.4) is 0 Å². The third-order valence-corrected chi connectivity index (χ3v) is 5.76. The summed E-state index contributed by atoms with van der Waals surface area (Å²) in [4.78, 5) is 23.9. The number of fused-ring (bicyclic) bond motifs is 1. The molecule has 2 aromatic carbocycles. The molecule has 0 spiro atoms. The lowest BCUT2D eigenvalue weighted by Gasteiger charge is -2.30. The normalized spacial score (nSPS) is 18.1. The second kappa shape index (κ2) is 9.72. The van der Waals surface area contributed by atoms with Crippen molar-refractivity contribution in [3.8, 4) is 5.75 Å². The Bertz CT molecular complexity index is 1080. The molecule has 1 aliphatic carbocycles. The summed E-state index contributed by atoms with van der Waals surface area (Å²) in [5.41, 5.74) is 1.59. The molecule has 1 heterocycles. The summed E-state index contributed by atoms with van der Waals surface area (Å²) in [6.45, 7) is 0. The molecule has 0 saturated heterocycles. The molecule has 1 fully saturated rings. The lowest BCUT2D eigenvalue weighted by Crippen LogP contribution is -2.42. The second-order valence-electron chi connectivity index (χ2n) is 8.27. The van der Waals surface area contributed by atoms with Crippen molar-refractivity contribution in [1.29, 1.82) is 0 Å². The first kappa shape index (κ1) is 21.7. The lowest BCUT2D eigenvalue weighted by molar-refractivity contribution is 0.243. The smallest absolute Gasteiger partial charge is 0.319 e. The molecule has 8 heteroatoms.